The Kier molecular flexibility index (Phi) is 22.9. The highest BCUT2D eigenvalue weighted by molar-refractivity contribution is 7.52. The number of rotatable bonds is 21. The minimum atomic E-state index is -4.29. The van der Waals surface area contributed by atoms with Crippen molar-refractivity contribution in [3.63, 3.8) is 0 Å². The summed E-state index contributed by atoms with van der Waals surface area (Å²) in [4.78, 5) is 82.7. The van der Waals surface area contributed by atoms with E-state index in [2.05, 4.69) is 10.2 Å². The molecule has 2 fully saturated rings. The summed E-state index contributed by atoms with van der Waals surface area (Å²) >= 11 is 0. The summed E-state index contributed by atoms with van der Waals surface area (Å²) in [7, 11) is -8.37. The number of carbonyl (C=O) groups excluding carboxylic acids is 6. The number of ether oxygens (including phenoxy) is 4. The number of amides is 2. The highest BCUT2D eigenvalue weighted by Crippen LogP contribution is 2.48. The van der Waals surface area contributed by atoms with Gasteiger partial charge in [0.05, 0.1) is 43.2 Å². The second-order valence-corrected chi connectivity index (χ2v) is 22.9. The van der Waals surface area contributed by atoms with Crippen molar-refractivity contribution in [2.45, 2.75) is 141 Å². The van der Waals surface area contributed by atoms with Crippen molar-refractivity contribution in [3.05, 3.63) is 120 Å². The van der Waals surface area contributed by atoms with Gasteiger partial charge in [-0.25, -0.2) is 17.9 Å². The van der Waals surface area contributed by atoms with Gasteiger partial charge in [0.25, 0.3) is 5.69 Å². The first-order valence-corrected chi connectivity index (χ1v) is 28.4. The Bertz CT molecular complexity index is 2900. The zero-order valence-corrected chi connectivity index (χ0v) is 47.5. The lowest BCUT2D eigenvalue weighted by Gasteiger charge is -2.32. The monoisotopic (exact) mass is 1200 g/mol. The lowest BCUT2D eigenvalue weighted by atomic mass is 9.97. The molecule has 4 aliphatic heterocycles. The molecule has 4 aliphatic rings. The van der Waals surface area contributed by atoms with E-state index in [-0.39, 0.29) is 41.2 Å². The molecule has 3 aromatic carbocycles. The lowest BCUT2D eigenvalue weighted by Crippen LogP contribution is -2.51. The van der Waals surface area contributed by atoms with Crippen LogP contribution in [0, 0.1) is 10.1 Å². The molecule has 7 rings (SSSR count). The summed E-state index contributed by atoms with van der Waals surface area (Å²) in [6.45, 7) is 10.5. The van der Waals surface area contributed by atoms with Gasteiger partial charge in [0, 0.05) is 24.5 Å². The van der Waals surface area contributed by atoms with Crippen molar-refractivity contribution in [2.24, 2.45) is 0 Å². The molecule has 0 unspecified atom stereocenters. The SMILES string of the molecule is CC(C)OC(=O)[C@H](C)N[P@](=O)(OC[C@H]1O[C@@H](N2C=CC(=O)CC2=O)[C@](C)(F)[C@@H]1O)Oc1ccccc1.CC(C)OC(=O)[C@H](C)N[P@](=O)(Oc1ccccc1)Oc1ccc([N+](=O)[O-])cc1.C[C@@]1(F)[C@H](O)[C@@H](CO)O[C@H]1N1C=CC(=O)CC1=O. The Morgan fingerprint density at radius 3 is 1.43 bits per heavy atom. The van der Waals surface area contributed by atoms with Crippen molar-refractivity contribution in [1.29, 1.82) is 0 Å². The normalized spacial score (nSPS) is 26.3. The maximum absolute atomic E-state index is 15.5. The number of allylic oxidation sites excluding steroid dienone is 2. The Morgan fingerprint density at radius 1 is 0.671 bits per heavy atom. The Labute approximate surface area is 469 Å². The van der Waals surface area contributed by atoms with E-state index < -0.39 is 136 Å². The molecule has 0 aromatic heterocycles. The van der Waals surface area contributed by atoms with Gasteiger partial charge >= 0.3 is 27.4 Å². The smallest absolute Gasteiger partial charge is 0.462 e. The van der Waals surface area contributed by atoms with E-state index in [0.29, 0.717) is 0 Å². The van der Waals surface area contributed by atoms with Gasteiger partial charge in [-0.05, 0) is 104 Å². The Hall–Kier alpha value is -6.84. The van der Waals surface area contributed by atoms with Crippen molar-refractivity contribution < 1.29 is 104 Å². The van der Waals surface area contributed by atoms with Crippen molar-refractivity contribution >= 4 is 56.5 Å². The number of nitrogens with zero attached hydrogens (tertiary/aromatic N) is 3. The number of non-ortho nitro benzene ring substituents is 1. The number of hydrogen-bond acceptors (Lipinski definition) is 21. The standard InChI is InChI=1S/C23H30FN2O9P.C18H21N2O7P.C11H14FNO5/c1-14(2)33-21(30)15(3)25-36(31,35-17-8-6-5-7-9-17)32-13-18-20(29)23(4,24)22(34-18)26-11-10-16(27)12-19(26)28;1-13(2)25-18(21)14(3)19-28(24,26-16-7-5-4-6-8-16)27-17-11-9-15(10-12-17)20(22)23;1-11(12)9(17)7(5-14)18-10(11)13-3-2-6(15)4-8(13)16/h5-11,14-15,18,20,22,29H,12-13H2,1-4H3,(H,25,31);4-14H,1-3H3,(H,19,24);2-3,7,9-10,14,17H,4-5H2,1H3/t15-,18+,20+,22+,23+,36-;14-,28-;7-,9-,10-,11-/m001/s1. The summed E-state index contributed by atoms with van der Waals surface area (Å²) in [6.07, 6.45) is -5.75. The number of aliphatic hydroxyl groups excluding tert-OH is 3. The van der Waals surface area contributed by atoms with Gasteiger partial charge in [-0.15, -0.1) is 0 Å². The Morgan fingerprint density at radius 2 is 1.05 bits per heavy atom. The van der Waals surface area contributed by atoms with E-state index in [1.165, 1.54) is 50.2 Å². The molecule has 5 N–H and O–H groups in total. The number of nitrogens with one attached hydrogen (secondary N) is 2. The summed E-state index contributed by atoms with van der Waals surface area (Å²) in [5, 5.41) is 45.0. The zero-order chi connectivity index (χ0) is 60.9. The van der Waals surface area contributed by atoms with E-state index in [1.807, 2.05) is 0 Å². The van der Waals surface area contributed by atoms with Gasteiger partial charge in [0.15, 0.2) is 35.4 Å². The summed E-state index contributed by atoms with van der Waals surface area (Å²) in [5.74, 6) is -2.94. The molecule has 0 aliphatic carbocycles. The van der Waals surface area contributed by atoms with Crippen LogP contribution in [0.2, 0.25) is 0 Å². The van der Waals surface area contributed by atoms with E-state index in [9.17, 15) is 62.6 Å². The van der Waals surface area contributed by atoms with Crippen LogP contribution < -0.4 is 23.7 Å². The average molecular weight is 1200 g/mol. The van der Waals surface area contributed by atoms with E-state index in [1.54, 1.807) is 76.2 Å². The van der Waals surface area contributed by atoms with Crippen molar-refractivity contribution in [1.82, 2.24) is 20.0 Å². The molecular formula is C52H65F2N5O21P2. The van der Waals surface area contributed by atoms with E-state index in [0.717, 1.165) is 48.2 Å². The van der Waals surface area contributed by atoms with Crippen LogP contribution in [0.25, 0.3) is 0 Å². The van der Waals surface area contributed by atoms with Crippen LogP contribution in [0.4, 0.5) is 14.5 Å². The van der Waals surface area contributed by atoms with Crippen LogP contribution in [0.5, 0.6) is 17.2 Å². The second kappa shape index (κ2) is 28.4. The predicted molar refractivity (Wildman–Crippen MR) is 283 cm³/mol. The number of aliphatic hydroxyl groups is 3. The number of ketones is 2. The lowest BCUT2D eigenvalue weighted by molar-refractivity contribution is -0.384. The number of esters is 2. The first-order valence-electron chi connectivity index (χ1n) is 25.3. The fraction of sp³-hybridized carbons (Fsp3) is 0.462. The number of nitro groups is 1. The number of alkyl halides is 2. The molecule has 0 radical (unpaired) electrons. The van der Waals surface area contributed by atoms with Crippen molar-refractivity contribution in [2.75, 3.05) is 13.2 Å². The minimum Gasteiger partial charge on any atom is -0.462 e. The first kappa shape index (κ1) is 66.0. The van der Waals surface area contributed by atoms with Crippen LogP contribution in [0.3, 0.4) is 0 Å². The minimum absolute atomic E-state index is 0.0711. The summed E-state index contributed by atoms with van der Waals surface area (Å²) < 4.78 is 99.5. The number of para-hydroxylation sites is 2. The fourth-order valence-corrected chi connectivity index (χ4v) is 10.8. The van der Waals surface area contributed by atoms with E-state index in [4.69, 9.17) is 42.1 Å². The van der Waals surface area contributed by atoms with Gasteiger partial charge in [-0.3, -0.25) is 53.2 Å². The molecule has 0 spiro atoms. The molecule has 2 saturated heterocycles. The van der Waals surface area contributed by atoms with Gasteiger partial charge in [0.2, 0.25) is 11.8 Å². The molecule has 30 heteroatoms. The topological polar surface area (TPSA) is 345 Å². The molecule has 4 heterocycles. The molecule has 448 valence electrons. The molecule has 0 bridgehead atoms. The number of hydrogen-bond donors (Lipinski definition) is 5. The molecule has 2 amide bonds. The first-order chi connectivity index (χ1) is 38.4. The highest BCUT2D eigenvalue weighted by Gasteiger charge is 2.59. The third-order valence-electron chi connectivity index (χ3n) is 11.9. The van der Waals surface area contributed by atoms with Gasteiger partial charge in [-0.1, -0.05) is 36.4 Å². The molecule has 3 aromatic rings. The zero-order valence-electron chi connectivity index (χ0n) is 45.7. The van der Waals surface area contributed by atoms with E-state index >= 15 is 4.39 Å². The maximum atomic E-state index is 15.5. The number of nitro benzene ring substituents is 1. The third kappa shape index (κ3) is 17.8. The molecule has 12 atom stereocenters. The fourth-order valence-electron chi connectivity index (χ4n) is 7.81. The van der Waals surface area contributed by atoms with Crippen LogP contribution >= 0.6 is 15.5 Å². The van der Waals surface area contributed by atoms with Crippen LogP contribution in [-0.2, 0) is 61.4 Å². The maximum Gasteiger partial charge on any atom is 0.513 e. The summed E-state index contributed by atoms with van der Waals surface area (Å²) in [5.41, 5.74) is -4.80. The van der Waals surface area contributed by atoms with Crippen LogP contribution in [0.1, 0.15) is 68.2 Å². The van der Waals surface area contributed by atoms with Gasteiger partial charge in [0.1, 0.15) is 53.7 Å². The third-order valence-corrected chi connectivity index (χ3v) is 15.2. The average Bonchev–Trinajstić information content (AvgIpc) is 4.00. The number of benzene rings is 3. The second-order valence-electron chi connectivity index (χ2n) is 19.6. The molecular weight excluding hydrogens is 1130 g/mol. The summed E-state index contributed by atoms with van der Waals surface area (Å²) in [6, 6.07) is 19.2. The number of halogens is 2. The highest BCUT2D eigenvalue weighted by atomic mass is 31.2. The van der Waals surface area contributed by atoms with Crippen LogP contribution in [0.15, 0.2) is 109 Å². The number of carbonyl (C=O) groups is 6. The predicted octanol–water partition coefficient (Wildman–Crippen LogP) is 5.45. The van der Waals surface area contributed by atoms with Crippen molar-refractivity contribution in [3.8, 4) is 17.2 Å². The molecule has 26 nitrogen and oxygen atoms in total. The Balaban J connectivity index is 0.000000238. The quantitative estimate of drug-likeness (QED) is 0.0291. The molecule has 82 heavy (non-hydrogen) atoms. The van der Waals surface area contributed by atoms with Gasteiger partial charge < -0.3 is 47.8 Å². The van der Waals surface area contributed by atoms with Gasteiger partial charge in [-0.2, -0.15) is 10.2 Å². The van der Waals surface area contributed by atoms with Crippen LogP contribution in [-0.4, -0.2) is 151 Å². The largest absolute Gasteiger partial charge is 0.513 e. The molecule has 0 saturated carbocycles.